The van der Waals surface area contributed by atoms with Crippen LogP contribution in [0.1, 0.15) is 30.8 Å². The molecular formula is C12H14FN3O. The molecule has 1 atom stereocenters. The number of halogens is 1. The second-order valence-electron chi connectivity index (χ2n) is 3.93. The fourth-order valence-electron chi connectivity index (χ4n) is 1.41. The summed E-state index contributed by atoms with van der Waals surface area (Å²) >= 11 is 0. The minimum Gasteiger partial charge on any atom is -0.337 e. The van der Waals surface area contributed by atoms with Crippen LogP contribution in [-0.4, -0.2) is 10.1 Å². The molecule has 0 saturated heterocycles. The van der Waals surface area contributed by atoms with Crippen molar-refractivity contribution < 1.29 is 8.91 Å². The number of benzene rings is 1. The summed E-state index contributed by atoms with van der Waals surface area (Å²) in [5.41, 5.74) is 6.94. The fourth-order valence-corrected chi connectivity index (χ4v) is 1.41. The molecule has 0 spiro atoms. The van der Waals surface area contributed by atoms with Gasteiger partial charge in [-0.3, -0.25) is 0 Å². The highest BCUT2D eigenvalue weighted by molar-refractivity contribution is 5.54. The number of hydrogen-bond acceptors (Lipinski definition) is 4. The first-order chi connectivity index (χ1) is 8.11. The van der Waals surface area contributed by atoms with Crippen molar-refractivity contribution in [2.75, 3.05) is 0 Å². The van der Waals surface area contributed by atoms with Gasteiger partial charge >= 0.3 is 0 Å². The van der Waals surface area contributed by atoms with E-state index in [9.17, 15) is 4.39 Å². The van der Waals surface area contributed by atoms with Gasteiger partial charge in [-0.15, -0.1) is 0 Å². The molecule has 4 nitrogen and oxygen atoms in total. The molecule has 0 aliphatic carbocycles. The topological polar surface area (TPSA) is 64.9 Å². The first kappa shape index (κ1) is 11.7. The van der Waals surface area contributed by atoms with Gasteiger partial charge < -0.3 is 10.3 Å². The van der Waals surface area contributed by atoms with Crippen LogP contribution in [0.4, 0.5) is 4.39 Å². The van der Waals surface area contributed by atoms with Gasteiger partial charge in [0.05, 0.1) is 6.04 Å². The molecule has 0 saturated carbocycles. The molecule has 0 amide bonds. The van der Waals surface area contributed by atoms with Crippen LogP contribution in [0.5, 0.6) is 0 Å². The van der Waals surface area contributed by atoms with Gasteiger partial charge in [0.15, 0.2) is 0 Å². The molecule has 0 bridgehead atoms. The van der Waals surface area contributed by atoms with Gasteiger partial charge in [0.25, 0.3) is 0 Å². The molecule has 1 heterocycles. The molecule has 2 aromatic rings. The third-order valence-corrected chi connectivity index (χ3v) is 2.63. The van der Waals surface area contributed by atoms with E-state index >= 15 is 0 Å². The first-order valence-corrected chi connectivity index (χ1v) is 5.47. The normalized spacial score (nSPS) is 12.7. The summed E-state index contributed by atoms with van der Waals surface area (Å²) in [6.45, 7) is 3.63. The highest BCUT2D eigenvalue weighted by Gasteiger charge is 2.14. The monoisotopic (exact) mass is 235 g/mol. The lowest BCUT2D eigenvalue weighted by atomic mass is 10.1. The van der Waals surface area contributed by atoms with Crippen molar-refractivity contribution in [2.24, 2.45) is 5.73 Å². The zero-order valence-electron chi connectivity index (χ0n) is 9.77. The first-order valence-electron chi connectivity index (χ1n) is 5.47. The average molecular weight is 235 g/mol. The van der Waals surface area contributed by atoms with Crippen LogP contribution in [0.3, 0.4) is 0 Å². The summed E-state index contributed by atoms with van der Waals surface area (Å²) in [4.78, 5) is 4.15. The van der Waals surface area contributed by atoms with Gasteiger partial charge in [0.1, 0.15) is 5.82 Å². The van der Waals surface area contributed by atoms with Crippen LogP contribution in [0, 0.1) is 12.7 Å². The van der Waals surface area contributed by atoms with Gasteiger partial charge in [-0.1, -0.05) is 24.2 Å². The molecule has 5 heteroatoms. The Balaban J connectivity index is 2.33. The van der Waals surface area contributed by atoms with Gasteiger partial charge in [-0.25, -0.2) is 4.39 Å². The Morgan fingerprint density at radius 2 is 2.24 bits per heavy atom. The van der Waals surface area contributed by atoms with E-state index in [2.05, 4.69) is 10.1 Å². The molecule has 0 fully saturated rings. The van der Waals surface area contributed by atoms with Crippen LogP contribution in [0.15, 0.2) is 22.7 Å². The van der Waals surface area contributed by atoms with Crippen molar-refractivity contribution in [3.8, 4) is 11.4 Å². The van der Waals surface area contributed by atoms with Crippen molar-refractivity contribution in [3.63, 3.8) is 0 Å². The van der Waals surface area contributed by atoms with Crippen molar-refractivity contribution >= 4 is 0 Å². The smallest absolute Gasteiger partial charge is 0.243 e. The van der Waals surface area contributed by atoms with Gasteiger partial charge in [-0.05, 0) is 25.0 Å². The summed E-state index contributed by atoms with van der Waals surface area (Å²) in [6, 6.07) is 4.55. The highest BCUT2D eigenvalue weighted by atomic mass is 19.1. The predicted molar refractivity (Wildman–Crippen MR) is 61.6 cm³/mol. The van der Waals surface area contributed by atoms with E-state index in [1.165, 1.54) is 6.07 Å². The van der Waals surface area contributed by atoms with E-state index in [0.717, 1.165) is 0 Å². The maximum atomic E-state index is 13.4. The molecule has 17 heavy (non-hydrogen) atoms. The molecule has 0 radical (unpaired) electrons. The predicted octanol–water partition coefficient (Wildman–Crippen LogP) is 2.59. The highest BCUT2D eigenvalue weighted by Crippen LogP contribution is 2.21. The van der Waals surface area contributed by atoms with E-state index in [1.807, 2.05) is 6.92 Å². The summed E-state index contributed by atoms with van der Waals surface area (Å²) in [6.07, 6.45) is 0.712. The lowest BCUT2D eigenvalue weighted by Crippen LogP contribution is -2.08. The molecule has 2 rings (SSSR count). The molecule has 0 aliphatic heterocycles. The third kappa shape index (κ3) is 2.34. The molecule has 2 N–H and O–H groups in total. The summed E-state index contributed by atoms with van der Waals surface area (Å²) < 4.78 is 18.4. The third-order valence-electron chi connectivity index (χ3n) is 2.63. The van der Waals surface area contributed by atoms with Crippen molar-refractivity contribution in [2.45, 2.75) is 26.3 Å². The minimum absolute atomic E-state index is 0.272. The van der Waals surface area contributed by atoms with Gasteiger partial charge in [-0.2, -0.15) is 4.98 Å². The Morgan fingerprint density at radius 1 is 1.47 bits per heavy atom. The molecule has 1 aromatic heterocycles. The number of nitrogens with zero attached hydrogens (tertiary/aromatic N) is 2. The second-order valence-corrected chi connectivity index (χ2v) is 3.93. The quantitative estimate of drug-likeness (QED) is 0.888. The summed E-state index contributed by atoms with van der Waals surface area (Å²) in [5, 5.41) is 3.79. The van der Waals surface area contributed by atoms with Gasteiger partial charge in [0.2, 0.25) is 11.7 Å². The fraction of sp³-hybridized carbons (Fsp3) is 0.333. The maximum Gasteiger partial charge on any atom is 0.243 e. The largest absolute Gasteiger partial charge is 0.337 e. The van der Waals surface area contributed by atoms with Gasteiger partial charge in [0, 0.05) is 5.56 Å². The number of hydrogen-bond donors (Lipinski definition) is 1. The molecular weight excluding hydrogens is 221 g/mol. The van der Waals surface area contributed by atoms with Crippen LogP contribution in [0.25, 0.3) is 11.4 Å². The Kier molecular flexibility index (Phi) is 3.19. The van der Waals surface area contributed by atoms with Crippen LogP contribution in [-0.2, 0) is 0 Å². The van der Waals surface area contributed by atoms with Crippen LogP contribution < -0.4 is 5.73 Å². The lowest BCUT2D eigenvalue weighted by molar-refractivity contribution is 0.352. The van der Waals surface area contributed by atoms with Crippen LogP contribution in [0.2, 0.25) is 0 Å². The SMILES string of the molecule is CC[C@H](N)c1nc(-c2ccc(C)c(F)c2)no1. The molecule has 90 valence electrons. The van der Waals surface area contributed by atoms with Crippen LogP contribution >= 0.6 is 0 Å². The van der Waals surface area contributed by atoms with E-state index < -0.39 is 0 Å². The number of aromatic nitrogens is 2. The number of rotatable bonds is 3. The van der Waals surface area contributed by atoms with Crippen molar-refractivity contribution in [1.82, 2.24) is 10.1 Å². The number of nitrogens with two attached hydrogens (primary N) is 1. The molecule has 0 unspecified atom stereocenters. The second kappa shape index (κ2) is 4.63. The molecule has 1 aromatic carbocycles. The van der Waals surface area contributed by atoms with E-state index in [1.54, 1.807) is 19.1 Å². The summed E-state index contributed by atoms with van der Waals surface area (Å²) in [7, 11) is 0. The Bertz CT molecular complexity index is 524. The van der Waals surface area contributed by atoms with E-state index in [4.69, 9.17) is 10.3 Å². The van der Waals surface area contributed by atoms with E-state index in [-0.39, 0.29) is 11.9 Å². The minimum atomic E-state index is -0.284. The zero-order chi connectivity index (χ0) is 12.4. The van der Waals surface area contributed by atoms with Crippen molar-refractivity contribution in [3.05, 3.63) is 35.5 Å². The zero-order valence-corrected chi connectivity index (χ0v) is 9.77. The summed E-state index contributed by atoms with van der Waals surface area (Å²) in [5.74, 6) is 0.458. The standard InChI is InChI=1S/C12H14FN3O/c1-3-10(14)12-15-11(16-17-12)8-5-4-7(2)9(13)6-8/h4-6,10H,3,14H2,1-2H3/t10-/m0/s1. The van der Waals surface area contributed by atoms with Crippen molar-refractivity contribution in [1.29, 1.82) is 0 Å². The average Bonchev–Trinajstić information content (AvgIpc) is 2.81. The van der Waals surface area contributed by atoms with E-state index in [0.29, 0.717) is 29.3 Å². The Morgan fingerprint density at radius 3 is 2.88 bits per heavy atom. The Hall–Kier alpha value is -1.75. The maximum absolute atomic E-state index is 13.4. The number of aryl methyl sites for hydroxylation is 1. The molecule has 0 aliphatic rings. The Labute approximate surface area is 98.6 Å². The lowest BCUT2D eigenvalue weighted by Gasteiger charge is -1.99.